The molecule has 1 aromatic rings. The monoisotopic (exact) mass is 318 g/mol. The predicted molar refractivity (Wildman–Crippen MR) is 78.0 cm³/mol. The van der Waals surface area contributed by atoms with E-state index in [9.17, 15) is 4.79 Å². The van der Waals surface area contributed by atoms with E-state index >= 15 is 0 Å². The largest absolute Gasteiger partial charge is 0.444 e. The quantitative estimate of drug-likeness (QED) is 0.837. The molecule has 0 unspecified atom stereocenters. The van der Waals surface area contributed by atoms with Gasteiger partial charge in [-0.3, -0.25) is 4.90 Å². The average Bonchev–Trinajstić information content (AvgIpc) is 2.73. The molecule has 1 saturated heterocycles. The van der Waals surface area contributed by atoms with Crippen molar-refractivity contribution in [1.29, 1.82) is 0 Å². The number of hydrogen-bond acceptors (Lipinski definition) is 6. The minimum Gasteiger partial charge on any atom is -0.444 e. The molecule has 0 N–H and O–H groups in total. The Balaban J connectivity index is 1.79. The minimum atomic E-state index is -0.447. The van der Waals surface area contributed by atoms with Gasteiger partial charge >= 0.3 is 6.09 Å². The SMILES string of the molecule is CC(C)(C)OC(=O)N1CCN(Cc2nnc(Cl)s2)CC1. The summed E-state index contributed by atoms with van der Waals surface area (Å²) in [5.41, 5.74) is -0.447. The summed E-state index contributed by atoms with van der Waals surface area (Å²) in [6.45, 7) is 9.30. The first-order valence-electron chi connectivity index (χ1n) is 6.52. The summed E-state index contributed by atoms with van der Waals surface area (Å²) in [4.78, 5) is 15.9. The standard InChI is InChI=1S/C12H19ClN4O2S/c1-12(2,3)19-11(18)17-6-4-16(5-7-17)8-9-14-15-10(13)20-9/h4-8H2,1-3H3. The van der Waals surface area contributed by atoms with Crippen molar-refractivity contribution in [3.63, 3.8) is 0 Å². The van der Waals surface area contributed by atoms with Crippen LogP contribution in [0.2, 0.25) is 4.47 Å². The number of hydrogen-bond donors (Lipinski definition) is 0. The first-order valence-corrected chi connectivity index (χ1v) is 7.71. The van der Waals surface area contributed by atoms with Crippen LogP contribution < -0.4 is 0 Å². The molecule has 0 saturated carbocycles. The molecule has 20 heavy (non-hydrogen) atoms. The van der Waals surface area contributed by atoms with Gasteiger partial charge in [0.05, 0.1) is 6.54 Å². The van der Waals surface area contributed by atoms with E-state index in [0.29, 0.717) is 17.6 Å². The van der Waals surface area contributed by atoms with E-state index in [1.54, 1.807) is 4.90 Å². The number of halogens is 1. The average molecular weight is 319 g/mol. The van der Waals surface area contributed by atoms with Crippen molar-refractivity contribution < 1.29 is 9.53 Å². The third-order valence-corrected chi connectivity index (χ3v) is 3.83. The third-order valence-electron chi connectivity index (χ3n) is 2.83. The second kappa shape index (κ2) is 6.24. The fraction of sp³-hybridized carbons (Fsp3) is 0.750. The maximum Gasteiger partial charge on any atom is 0.410 e. The van der Waals surface area contributed by atoms with Crippen molar-refractivity contribution in [2.24, 2.45) is 0 Å². The first kappa shape index (κ1) is 15.5. The molecule has 0 aliphatic carbocycles. The molecule has 0 atom stereocenters. The van der Waals surface area contributed by atoms with Crippen molar-refractivity contribution in [3.8, 4) is 0 Å². The van der Waals surface area contributed by atoms with Crippen LogP contribution in [0.3, 0.4) is 0 Å². The molecule has 1 fully saturated rings. The van der Waals surface area contributed by atoms with Crippen molar-refractivity contribution in [3.05, 3.63) is 9.47 Å². The highest BCUT2D eigenvalue weighted by molar-refractivity contribution is 7.15. The summed E-state index contributed by atoms with van der Waals surface area (Å²) >= 11 is 7.15. The fourth-order valence-corrected chi connectivity index (χ4v) is 2.81. The Bertz CT molecular complexity index is 466. The van der Waals surface area contributed by atoms with E-state index in [4.69, 9.17) is 16.3 Å². The number of piperazine rings is 1. The third kappa shape index (κ3) is 4.57. The molecule has 112 valence electrons. The predicted octanol–water partition coefficient (Wildman–Crippen LogP) is 2.24. The molecule has 6 nitrogen and oxygen atoms in total. The second-order valence-corrected chi connectivity index (χ2v) is 7.34. The molecule has 1 aliphatic rings. The van der Waals surface area contributed by atoms with Gasteiger partial charge in [0.1, 0.15) is 10.6 Å². The molecule has 0 bridgehead atoms. The number of carbonyl (C=O) groups excluding carboxylic acids is 1. The lowest BCUT2D eigenvalue weighted by Crippen LogP contribution is -2.49. The molecule has 0 radical (unpaired) electrons. The number of carbonyl (C=O) groups is 1. The smallest absolute Gasteiger partial charge is 0.410 e. The van der Waals surface area contributed by atoms with Gasteiger partial charge in [-0.25, -0.2) is 4.79 Å². The summed E-state index contributed by atoms with van der Waals surface area (Å²) in [6, 6.07) is 0. The van der Waals surface area contributed by atoms with Crippen LogP contribution in [-0.4, -0.2) is 57.9 Å². The van der Waals surface area contributed by atoms with Gasteiger partial charge in [0.2, 0.25) is 4.47 Å². The molecular formula is C12H19ClN4O2S. The van der Waals surface area contributed by atoms with Crippen LogP contribution in [0.1, 0.15) is 25.8 Å². The molecule has 2 rings (SSSR count). The normalized spacial score (nSPS) is 17.3. The van der Waals surface area contributed by atoms with Crippen LogP contribution in [0, 0.1) is 0 Å². The molecule has 1 aliphatic heterocycles. The Morgan fingerprint density at radius 2 is 1.95 bits per heavy atom. The van der Waals surface area contributed by atoms with Crippen LogP contribution in [0.4, 0.5) is 4.79 Å². The zero-order chi connectivity index (χ0) is 14.8. The van der Waals surface area contributed by atoms with Gasteiger partial charge in [0.25, 0.3) is 0 Å². The number of amides is 1. The van der Waals surface area contributed by atoms with Gasteiger partial charge < -0.3 is 9.64 Å². The zero-order valence-corrected chi connectivity index (χ0v) is 13.5. The highest BCUT2D eigenvalue weighted by atomic mass is 35.5. The summed E-state index contributed by atoms with van der Waals surface area (Å²) in [7, 11) is 0. The van der Waals surface area contributed by atoms with Crippen LogP contribution in [0.15, 0.2) is 0 Å². The van der Waals surface area contributed by atoms with Gasteiger partial charge in [0.15, 0.2) is 0 Å². The van der Waals surface area contributed by atoms with E-state index in [-0.39, 0.29) is 6.09 Å². The first-order chi connectivity index (χ1) is 9.33. The van der Waals surface area contributed by atoms with E-state index in [1.165, 1.54) is 11.3 Å². The Labute approximate surface area is 127 Å². The minimum absolute atomic E-state index is 0.240. The highest BCUT2D eigenvalue weighted by Crippen LogP contribution is 2.18. The highest BCUT2D eigenvalue weighted by Gasteiger charge is 2.26. The van der Waals surface area contributed by atoms with Crippen molar-refractivity contribution in [2.45, 2.75) is 32.9 Å². The summed E-state index contributed by atoms with van der Waals surface area (Å²) in [5.74, 6) is 0. The Kier molecular flexibility index (Phi) is 4.82. The number of nitrogens with zero attached hydrogens (tertiary/aromatic N) is 4. The van der Waals surface area contributed by atoms with Gasteiger partial charge in [-0.15, -0.1) is 10.2 Å². The lowest BCUT2D eigenvalue weighted by Gasteiger charge is -2.35. The maximum absolute atomic E-state index is 11.9. The number of rotatable bonds is 2. The van der Waals surface area contributed by atoms with Crippen molar-refractivity contribution in [2.75, 3.05) is 26.2 Å². The van der Waals surface area contributed by atoms with Crippen LogP contribution in [-0.2, 0) is 11.3 Å². The van der Waals surface area contributed by atoms with E-state index < -0.39 is 5.60 Å². The number of aromatic nitrogens is 2. The van der Waals surface area contributed by atoms with Gasteiger partial charge in [-0.2, -0.15) is 0 Å². The number of ether oxygens (including phenoxy) is 1. The van der Waals surface area contributed by atoms with Crippen LogP contribution in [0.25, 0.3) is 0 Å². The van der Waals surface area contributed by atoms with Gasteiger partial charge in [-0.05, 0) is 32.4 Å². The summed E-state index contributed by atoms with van der Waals surface area (Å²) in [6.07, 6.45) is -0.240. The van der Waals surface area contributed by atoms with E-state index in [2.05, 4.69) is 15.1 Å². The van der Waals surface area contributed by atoms with Crippen LogP contribution in [0.5, 0.6) is 0 Å². The Hall–Kier alpha value is -0.920. The molecule has 1 amide bonds. The van der Waals surface area contributed by atoms with E-state index in [1.807, 2.05) is 20.8 Å². The summed E-state index contributed by atoms with van der Waals surface area (Å²) < 4.78 is 5.83. The lowest BCUT2D eigenvalue weighted by atomic mass is 10.2. The maximum atomic E-state index is 11.9. The summed E-state index contributed by atoms with van der Waals surface area (Å²) in [5, 5.41) is 8.69. The molecule has 1 aromatic heterocycles. The molecular weight excluding hydrogens is 300 g/mol. The van der Waals surface area contributed by atoms with Crippen LogP contribution >= 0.6 is 22.9 Å². The Morgan fingerprint density at radius 3 is 2.45 bits per heavy atom. The molecule has 0 spiro atoms. The molecule has 8 heteroatoms. The molecule has 2 heterocycles. The zero-order valence-electron chi connectivity index (χ0n) is 11.9. The lowest BCUT2D eigenvalue weighted by molar-refractivity contribution is 0.0139. The Morgan fingerprint density at radius 1 is 1.30 bits per heavy atom. The van der Waals surface area contributed by atoms with Crippen molar-refractivity contribution in [1.82, 2.24) is 20.0 Å². The van der Waals surface area contributed by atoms with Gasteiger partial charge in [0, 0.05) is 26.2 Å². The van der Waals surface area contributed by atoms with Crippen molar-refractivity contribution >= 4 is 29.0 Å². The van der Waals surface area contributed by atoms with Gasteiger partial charge in [-0.1, -0.05) is 11.3 Å². The van der Waals surface area contributed by atoms with E-state index in [0.717, 1.165) is 24.6 Å². The topological polar surface area (TPSA) is 58.6 Å². The second-order valence-electron chi connectivity index (χ2n) is 5.69. The fourth-order valence-electron chi connectivity index (χ4n) is 1.90. The molecule has 0 aromatic carbocycles.